The molecular formula is C21H22F2N4O3S. The largest absolute Gasteiger partial charge is 0.491 e. The fourth-order valence-electron chi connectivity index (χ4n) is 3.61. The number of alkyl halides is 2. The Balaban J connectivity index is 1.59. The van der Waals surface area contributed by atoms with Crippen molar-refractivity contribution in [2.45, 2.75) is 26.2 Å². The van der Waals surface area contributed by atoms with E-state index >= 15 is 0 Å². The molecule has 4 rings (SSSR count). The maximum Gasteiger partial charge on any atom is 0.280 e. The molecule has 1 amide bonds. The van der Waals surface area contributed by atoms with Gasteiger partial charge in [0, 0.05) is 40.8 Å². The van der Waals surface area contributed by atoms with Crippen molar-refractivity contribution in [3.8, 4) is 5.75 Å². The van der Waals surface area contributed by atoms with E-state index in [4.69, 9.17) is 4.74 Å². The molecular weight excluding hydrogens is 426 g/mol. The molecule has 4 heterocycles. The number of amides is 1. The number of carbonyl (C=O) groups excluding carboxylic acids is 1. The Labute approximate surface area is 180 Å². The number of nitrogens with zero attached hydrogens (tertiary/aromatic N) is 3. The first kappa shape index (κ1) is 21.4. The van der Waals surface area contributed by atoms with E-state index in [0.29, 0.717) is 35.4 Å². The molecule has 1 N–H and O–H groups in total. The van der Waals surface area contributed by atoms with Crippen LogP contribution in [0.3, 0.4) is 0 Å². The number of halogens is 2. The first-order chi connectivity index (χ1) is 14.9. The molecule has 0 aliphatic carbocycles. The van der Waals surface area contributed by atoms with E-state index in [1.807, 2.05) is 13.1 Å². The number of imidazole rings is 1. The van der Waals surface area contributed by atoms with E-state index in [1.165, 1.54) is 18.2 Å². The van der Waals surface area contributed by atoms with Crippen molar-refractivity contribution in [2.75, 3.05) is 23.4 Å². The first-order valence-electron chi connectivity index (χ1n) is 9.98. The second-order valence-corrected chi connectivity index (χ2v) is 8.98. The van der Waals surface area contributed by atoms with Gasteiger partial charge in [0.05, 0.1) is 12.3 Å². The summed E-state index contributed by atoms with van der Waals surface area (Å²) in [6.07, 6.45) is 2.46. The molecule has 164 valence electrons. The lowest BCUT2D eigenvalue weighted by molar-refractivity contribution is 0.101. The minimum absolute atomic E-state index is 0.110. The molecule has 7 nitrogen and oxygen atoms in total. The van der Waals surface area contributed by atoms with Gasteiger partial charge < -0.3 is 14.5 Å². The monoisotopic (exact) mass is 448 g/mol. The molecule has 0 spiro atoms. The zero-order chi connectivity index (χ0) is 22.0. The molecule has 1 aliphatic heterocycles. The van der Waals surface area contributed by atoms with Crippen LogP contribution < -0.4 is 10.1 Å². The quantitative estimate of drug-likeness (QED) is 0.597. The molecule has 10 heteroatoms. The number of rotatable bonds is 7. The van der Waals surface area contributed by atoms with Gasteiger partial charge in [0.2, 0.25) is 0 Å². The highest BCUT2D eigenvalue weighted by molar-refractivity contribution is 7.85. The molecule has 0 saturated carbocycles. The molecule has 0 radical (unpaired) electrons. The number of pyridine rings is 2. The van der Waals surface area contributed by atoms with Crippen LogP contribution >= 0.6 is 0 Å². The van der Waals surface area contributed by atoms with E-state index in [2.05, 4.69) is 15.3 Å². The number of aromatic nitrogens is 3. The third-order valence-corrected chi connectivity index (χ3v) is 6.59. The predicted molar refractivity (Wildman–Crippen MR) is 113 cm³/mol. The van der Waals surface area contributed by atoms with Crippen molar-refractivity contribution in [2.24, 2.45) is 5.92 Å². The average molecular weight is 448 g/mol. The van der Waals surface area contributed by atoms with Crippen molar-refractivity contribution in [1.82, 2.24) is 14.4 Å². The molecule has 2 unspecified atom stereocenters. The SMILES string of the molecule is CCOc1cc2nc(CC3CCS(=O)C3)cn2cc1NC(=O)c1cccc(C(F)F)n1. The highest BCUT2D eigenvalue weighted by Crippen LogP contribution is 2.28. The van der Waals surface area contributed by atoms with Gasteiger partial charge in [0.1, 0.15) is 28.5 Å². The van der Waals surface area contributed by atoms with Gasteiger partial charge in [-0.2, -0.15) is 0 Å². The Morgan fingerprint density at radius 2 is 2.19 bits per heavy atom. The molecule has 1 fully saturated rings. The number of nitrogens with one attached hydrogen (secondary N) is 1. The highest BCUT2D eigenvalue weighted by atomic mass is 32.2. The Hall–Kier alpha value is -2.88. The minimum atomic E-state index is -2.76. The number of ether oxygens (including phenoxy) is 1. The summed E-state index contributed by atoms with van der Waals surface area (Å²) in [5.41, 5.74) is 1.35. The Kier molecular flexibility index (Phi) is 6.26. The summed E-state index contributed by atoms with van der Waals surface area (Å²) in [5.74, 6) is 1.60. The van der Waals surface area contributed by atoms with Crippen molar-refractivity contribution in [3.63, 3.8) is 0 Å². The van der Waals surface area contributed by atoms with Crippen LogP contribution in [0.2, 0.25) is 0 Å². The molecule has 3 aromatic rings. The Morgan fingerprint density at radius 1 is 1.35 bits per heavy atom. The highest BCUT2D eigenvalue weighted by Gasteiger charge is 2.23. The van der Waals surface area contributed by atoms with E-state index in [-0.39, 0.29) is 5.69 Å². The number of fused-ring (bicyclic) bond motifs is 1. The summed E-state index contributed by atoms with van der Waals surface area (Å²) in [6, 6.07) is 5.64. The number of carbonyl (C=O) groups is 1. The first-order valence-corrected chi connectivity index (χ1v) is 11.5. The zero-order valence-corrected chi connectivity index (χ0v) is 17.7. The van der Waals surface area contributed by atoms with Crippen LogP contribution in [-0.4, -0.2) is 42.6 Å². The summed E-state index contributed by atoms with van der Waals surface area (Å²) >= 11 is 0. The lowest BCUT2D eigenvalue weighted by Gasteiger charge is -2.12. The molecule has 1 aliphatic rings. The topological polar surface area (TPSA) is 85.6 Å². The van der Waals surface area contributed by atoms with E-state index in [9.17, 15) is 17.8 Å². The minimum Gasteiger partial charge on any atom is -0.491 e. The lowest BCUT2D eigenvalue weighted by atomic mass is 10.0. The maximum absolute atomic E-state index is 12.9. The van der Waals surface area contributed by atoms with Gasteiger partial charge in [-0.3, -0.25) is 9.00 Å². The van der Waals surface area contributed by atoms with Gasteiger partial charge in [-0.25, -0.2) is 18.7 Å². The van der Waals surface area contributed by atoms with Crippen molar-refractivity contribution >= 4 is 28.0 Å². The number of hydrogen-bond acceptors (Lipinski definition) is 5. The van der Waals surface area contributed by atoms with Crippen LogP contribution in [0, 0.1) is 5.92 Å². The lowest BCUT2D eigenvalue weighted by Crippen LogP contribution is -2.16. The van der Waals surface area contributed by atoms with Crippen LogP contribution in [0.5, 0.6) is 5.75 Å². The van der Waals surface area contributed by atoms with Crippen LogP contribution in [0.1, 0.15) is 41.6 Å². The zero-order valence-electron chi connectivity index (χ0n) is 16.9. The normalized spacial score (nSPS) is 18.6. The van der Waals surface area contributed by atoms with Gasteiger partial charge in [0.25, 0.3) is 12.3 Å². The van der Waals surface area contributed by atoms with Gasteiger partial charge >= 0.3 is 0 Å². The van der Waals surface area contributed by atoms with E-state index in [0.717, 1.165) is 24.3 Å². The summed E-state index contributed by atoms with van der Waals surface area (Å²) in [7, 11) is -0.739. The number of anilines is 1. The van der Waals surface area contributed by atoms with Crippen LogP contribution in [-0.2, 0) is 17.2 Å². The van der Waals surface area contributed by atoms with Gasteiger partial charge in [-0.15, -0.1) is 0 Å². The van der Waals surface area contributed by atoms with Crippen LogP contribution in [0.4, 0.5) is 14.5 Å². The fraction of sp³-hybridized carbons (Fsp3) is 0.381. The van der Waals surface area contributed by atoms with Crippen molar-refractivity contribution in [1.29, 1.82) is 0 Å². The Morgan fingerprint density at radius 3 is 2.90 bits per heavy atom. The van der Waals surface area contributed by atoms with E-state index in [1.54, 1.807) is 16.7 Å². The van der Waals surface area contributed by atoms with Crippen molar-refractivity contribution < 1.29 is 22.5 Å². The van der Waals surface area contributed by atoms with Gasteiger partial charge in [-0.05, 0) is 37.8 Å². The third-order valence-electron chi connectivity index (χ3n) is 5.05. The molecule has 0 aromatic carbocycles. The average Bonchev–Trinajstić information content (AvgIpc) is 3.33. The smallest absolute Gasteiger partial charge is 0.280 e. The van der Waals surface area contributed by atoms with Crippen LogP contribution in [0.25, 0.3) is 5.65 Å². The summed E-state index contributed by atoms with van der Waals surface area (Å²) in [5, 5.41) is 2.70. The Bertz CT molecular complexity index is 1140. The van der Waals surface area contributed by atoms with Gasteiger partial charge in [0.15, 0.2) is 0 Å². The second-order valence-electron chi connectivity index (χ2n) is 7.35. The maximum atomic E-state index is 12.9. The molecule has 0 bridgehead atoms. The van der Waals surface area contributed by atoms with Crippen LogP contribution in [0.15, 0.2) is 36.7 Å². The second kappa shape index (κ2) is 9.09. The predicted octanol–water partition coefficient (Wildman–Crippen LogP) is 3.63. The third kappa shape index (κ3) is 4.90. The molecule has 3 aromatic heterocycles. The molecule has 2 atom stereocenters. The van der Waals surface area contributed by atoms with Crippen molar-refractivity contribution in [3.05, 3.63) is 53.7 Å². The standard InChI is InChI=1S/C21H22F2N4O3S/c1-2-30-18-9-19-24-14(8-13-6-7-31(29)12-13)10-27(19)11-17(18)26-21(28)16-5-3-4-15(25-16)20(22)23/h3-5,9-11,13,20H,2,6-8,12H2,1H3,(H,26,28). The molecule has 31 heavy (non-hydrogen) atoms. The summed E-state index contributed by atoms with van der Waals surface area (Å²) in [4.78, 5) is 21.0. The summed E-state index contributed by atoms with van der Waals surface area (Å²) < 4.78 is 44.9. The summed E-state index contributed by atoms with van der Waals surface area (Å²) in [6.45, 7) is 2.19. The van der Waals surface area contributed by atoms with Gasteiger partial charge in [-0.1, -0.05) is 6.07 Å². The number of hydrogen-bond donors (Lipinski definition) is 1. The van der Waals surface area contributed by atoms with E-state index < -0.39 is 28.8 Å². The molecule has 1 saturated heterocycles. The fourth-order valence-corrected chi connectivity index (χ4v) is 5.18.